The van der Waals surface area contributed by atoms with E-state index in [9.17, 15) is 14.7 Å². The number of rotatable bonds is 6. The van der Waals surface area contributed by atoms with E-state index in [1.54, 1.807) is 48.5 Å². The Hall–Kier alpha value is -2.06. The molecule has 1 amide bonds. The van der Waals surface area contributed by atoms with E-state index in [0.717, 1.165) is 27.8 Å². The molecular formula is C19H12Cl2NO4S2-. The summed E-state index contributed by atoms with van der Waals surface area (Å²) >= 11 is 18.1. The second kappa shape index (κ2) is 8.96. The van der Waals surface area contributed by atoms with Crippen LogP contribution in [0.15, 0.2) is 47.4 Å². The van der Waals surface area contributed by atoms with Crippen LogP contribution in [0.5, 0.6) is 5.75 Å². The van der Waals surface area contributed by atoms with Crippen molar-refractivity contribution in [2.45, 2.75) is 6.61 Å². The summed E-state index contributed by atoms with van der Waals surface area (Å²) in [6.07, 6.45) is 1.65. The lowest BCUT2D eigenvalue weighted by Gasteiger charge is -2.14. The average Bonchev–Trinajstić information content (AvgIpc) is 2.89. The number of aliphatic carboxylic acids is 1. The van der Waals surface area contributed by atoms with Crippen molar-refractivity contribution in [2.24, 2.45) is 0 Å². The normalized spacial score (nSPS) is 15.4. The zero-order chi connectivity index (χ0) is 20.3. The molecule has 0 bridgehead atoms. The zero-order valence-corrected chi connectivity index (χ0v) is 17.3. The van der Waals surface area contributed by atoms with Crippen molar-refractivity contribution in [1.29, 1.82) is 0 Å². The summed E-state index contributed by atoms with van der Waals surface area (Å²) in [7, 11) is 0. The fourth-order valence-corrected chi connectivity index (χ4v) is 4.10. The van der Waals surface area contributed by atoms with E-state index in [2.05, 4.69) is 0 Å². The molecule has 0 saturated carbocycles. The van der Waals surface area contributed by atoms with Gasteiger partial charge in [-0.1, -0.05) is 65.4 Å². The van der Waals surface area contributed by atoms with Crippen LogP contribution in [0.2, 0.25) is 10.0 Å². The van der Waals surface area contributed by atoms with Crippen LogP contribution in [0.4, 0.5) is 0 Å². The molecule has 3 rings (SSSR count). The van der Waals surface area contributed by atoms with Gasteiger partial charge in [-0.2, -0.15) is 0 Å². The Balaban J connectivity index is 1.66. The molecule has 1 aliphatic heterocycles. The van der Waals surface area contributed by atoms with E-state index in [4.69, 9.17) is 40.2 Å². The van der Waals surface area contributed by atoms with Crippen LogP contribution in [0.25, 0.3) is 6.08 Å². The van der Waals surface area contributed by atoms with Gasteiger partial charge in [0.2, 0.25) is 0 Å². The van der Waals surface area contributed by atoms with Crippen molar-refractivity contribution >= 4 is 69.5 Å². The molecule has 2 aromatic carbocycles. The Labute approximate surface area is 180 Å². The first-order valence-electron chi connectivity index (χ1n) is 7.95. The number of nitrogens with zero attached hydrogens (tertiary/aromatic N) is 1. The van der Waals surface area contributed by atoms with Gasteiger partial charge in [0.1, 0.15) is 16.7 Å². The third-order valence-electron chi connectivity index (χ3n) is 3.75. The average molecular weight is 453 g/mol. The van der Waals surface area contributed by atoms with Crippen molar-refractivity contribution in [3.63, 3.8) is 0 Å². The third-order valence-corrected chi connectivity index (χ3v) is 5.71. The molecule has 0 unspecified atom stereocenters. The number of hydrogen-bond donors (Lipinski definition) is 0. The van der Waals surface area contributed by atoms with Gasteiger partial charge in [-0.25, -0.2) is 0 Å². The number of amides is 1. The molecule has 1 heterocycles. The Morgan fingerprint density at radius 1 is 1.21 bits per heavy atom. The number of carboxylic acid groups (broad SMARTS) is 1. The van der Waals surface area contributed by atoms with Crippen molar-refractivity contribution in [2.75, 3.05) is 6.54 Å². The van der Waals surface area contributed by atoms with Gasteiger partial charge in [0.05, 0.1) is 17.4 Å². The monoisotopic (exact) mass is 452 g/mol. The SMILES string of the molecule is O=C([O-])CN1C(=O)/C(=C\c2ccc(OCc3ccc(Cl)cc3Cl)cc2)SC1=S. The minimum Gasteiger partial charge on any atom is -0.548 e. The summed E-state index contributed by atoms with van der Waals surface area (Å²) in [6, 6.07) is 12.3. The molecule has 0 N–H and O–H groups in total. The highest BCUT2D eigenvalue weighted by Gasteiger charge is 2.31. The predicted molar refractivity (Wildman–Crippen MR) is 112 cm³/mol. The molecule has 1 aliphatic rings. The fourth-order valence-electron chi connectivity index (χ4n) is 2.38. The first-order valence-corrected chi connectivity index (χ1v) is 9.93. The van der Waals surface area contributed by atoms with Crippen molar-refractivity contribution in [3.05, 3.63) is 68.5 Å². The number of thioether (sulfide) groups is 1. The number of benzene rings is 2. The summed E-state index contributed by atoms with van der Waals surface area (Å²) in [5.74, 6) is -1.18. The van der Waals surface area contributed by atoms with Crippen LogP contribution in [-0.4, -0.2) is 27.6 Å². The Bertz CT molecular complexity index is 976. The van der Waals surface area contributed by atoms with Crippen molar-refractivity contribution in [3.8, 4) is 5.75 Å². The van der Waals surface area contributed by atoms with Crippen LogP contribution < -0.4 is 9.84 Å². The third kappa shape index (κ3) is 5.05. The van der Waals surface area contributed by atoms with E-state index in [0.29, 0.717) is 20.7 Å². The number of thiocarbonyl (C=S) groups is 1. The molecule has 2 aromatic rings. The molecule has 0 aliphatic carbocycles. The van der Waals surface area contributed by atoms with Gasteiger partial charge in [-0.3, -0.25) is 9.69 Å². The second-order valence-corrected chi connectivity index (χ2v) is 8.25. The Kier molecular flexibility index (Phi) is 6.61. The molecule has 144 valence electrons. The lowest BCUT2D eigenvalue weighted by atomic mass is 10.2. The van der Waals surface area contributed by atoms with Crippen LogP contribution in [0.3, 0.4) is 0 Å². The summed E-state index contributed by atoms with van der Waals surface area (Å²) in [6.45, 7) is -0.265. The summed E-state index contributed by atoms with van der Waals surface area (Å²) in [5, 5.41) is 11.8. The smallest absolute Gasteiger partial charge is 0.266 e. The first kappa shape index (κ1) is 20.7. The molecule has 1 saturated heterocycles. The van der Waals surface area contributed by atoms with Gasteiger partial charge in [-0.15, -0.1) is 0 Å². The first-order chi connectivity index (χ1) is 13.3. The van der Waals surface area contributed by atoms with E-state index >= 15 is 0 Å². The standard InChI is InChI=1S/C19H13Cl2NO4S2/c20-13-4-3-12(15(21)8-13)10-26-14-5-1-11(2-6-14)7-16-18(25)22(9-17(23)24)19(27)28-16/h1-8H,9-10H2,(H,23,24)/p-1/b16-7+. The summed E-state index contributed by atoms with van der Waals surface area (Å²) in [5.41, 5.74) is 1.57. The molecule has 0 atom stereocenters. The Morgan fingerprint density at radius 2 is 1.93 bits per heavy atom. The second-order valence-electron chi connectivity index (χ2n) is 5.73. The van der Waals surface area contributed by atoms with Gasteiger partial charge in [0, 0.05) is 15.6 Å². The van der Waals surface area contributed by atoms with Gasteiger partial charge in [-0.05, 0) is 35.9 Å². The summed E-state index contributed by atoms with van der Waals surface area (Å²) in [4.78, 5) is 24.3. The topological polar surface area (TPSA) is 69.7 Å². The molecule has 0 aromatic heterocycles. The lowest BCUT2D eigenvalue weighted by molar-refractivity contribution is -0.305. The van der Waals surface area contributed by atoms with Crippen LogP contribution in [-0.2, 0) is 16.2 Å². The van der Waals surface area contributed by atoms with E-state index in [1.807, 2.05) is 0 Å². The van der Waals surface area contributed by atoms with Gasteiger partial charge in [0.15, 0.2) is 0 Å². The zero-order valence-electron chi connectivity index (χ0n) is 14.2. The highest BCUT2D eigenvalue weighted by atomic mass is 35.5. The highest BCUT2D eigenvalue weighted by molar-refractivity contribution is 8.26. The lowest BCUT2D eigenvalue weighted by Crippen LogP contribution is -2.40. The van der Waals surface area contributed by atoms with Gasteiger partial charge >= 0.3 is 0 Å². The highest BCUT2D eigenvalue weighted by Crippen LogP contribution is 2.32. The number of carbonyl (C=O) groups is 2. The molecule has 28 heavy (non-hydrogen) atoms. The fraction of sp³-hybridized carbons (Fsp3) is 0.105. The minimum absolute atomic E-state index is 0.195. The van der Waals surface area contributed by atoms with Crippen LogP contribution >= 0.6 is 47.2 Å². The number of halogens is 2. The molecule has 0 radical (unpaired) electrons. The number of carbonyl (C=O) groups excluding carboxylic acids is 2. The maximum Gasteiger partial charge on any atom is 0.266 e. The van der Waals surface area contributed by atoms with Gasteiger partial charge < -0.3 is 14.6 Å². The minimum atomic E-state index is -1.36. The number of carboxylic acids is 1. The van der Waals surface area contributed by atoms with E-state index < -0.39 is 18.4 Å². The van der Waals surface area contributed by atoms with E-state index in [1.165, 1.54) is 0 Å². The molecular weight excluding hydrogens is 441 g/mol. The quantitative estimate of drug-likeness (QED) is 0.493. The summed E-state index contributed by atoms with van der Waals surface area (Å²) < 4.78 is 5.91. The van der Waals surface area contributed by atoms with Crippen LogP contribution in [0, 0.1) is 0 Å². The maximum atomic E-state index is 12.2. The number of hydrogen-bond acceptors (Lipinski definition) is 6. The van der Waals surface area contributed by atoms with E-state index in [-0.39, 0.29) is 10.9 Å². The molecule has 1 fully saturated rings. The van der Waals surface area contributed by atoms with Crippen LogP contribution in [0.1, 0.15) is 11.1 Å². The number of ether oxygens (including phenoxy) is 1. The molecule has 5 nitrogen and oxygen atoms in total. The molecule has 9 heteroatoms. The maximum absolute atomic E-state index is 12.2. The van der Waals surface area contributed by atoms with Crippen molar-refractivity contribution in [1.82, 2.24) is 4.90 Å². The van der Waals surface area contributed by atoms with Gasteiger partial charge in [0.25, 0.3) is 5.91 Å². The largest absolute Gasteiger partial charge is 0.548 e. The molecule has 0 spiro atoms. The van der Waals surface area contributed by atoms with Crippen molar-refractivity contribution < 1.29 is 19.4 Å². The Morgan fingerprint density at radius 3 is 2.57 bits per heavy atom. The predicted octanol–water partition coefficient (Wildman–Crippen LogP) is 3.52.